The van der Waals surface area contributed by atoms with E-state index in [1.54, 1.807) is 66.0 Å². The van der Waals surface area contributed by atoms with Gasteiger partial charge in [0.2, 0.25) is 5.66 Å². The van der Waals surface area contributed by atoms with Crippen LogP contribution in [-0.4, -0.2) is 33.6 Å². The second-order valence-corrected chi connectivity index (χ2v) is 10.8. The molecule has 3 N–H and O–H groups in total. The molecule has 2 heterocycles. The molecule has 0 spiro atoms. The molecule has 0 aliphatic rings. The molecule has 0 radical (unpaired) electrons. The van der Waals surface area contributed by atoms with Crippen molar-refractivity contribution in [1.29, 1.82) is 0 Å². The van der Waals surface area contributed by atoms with Gasteiger partial charge in [0.15, 0.2) is 5.69 Å². The normalized spacial score (nSPS) is 13.4. The van der Waals surface area contributed by atoms with Crippen LogP contribution < -0.4 is 10.6 Å². The molecule has 1 unspecified atom stereocenters. The molecule has 0 saturated carbocycles. The Hall–Kier alpha value is -3.84. The molecule has 8 heteroatoms. The molecule has 1 atom stereocenters. The number of halogens is 1. The topological polar surface area (TPSA) is 101 Å². The first-order valence-electron chi connectivity index (χ1n) is 12.0. The Labute approximate surface area is 221 Å². The minimum atomic E-state index is -1.50. The van der Waals surface area contributed by atoms with Crippen LogP contribution in [0.15, 0.2) is 66.9 Å². The van der Waals surface area contributed by atoms with Crippen molar-refractivity contribution in [2.24, 2.45) is 5.73 Å². The Balaban J connectivity index is 2.00. The van der Waals surface area contributed by atoms with Gasteiger partial charge in [-0.25, -0.2) is 9.78 Å². The van der Waals surface area contributed by atoms with Crippen LogP contribution in [0, 0.1) is 6.92 Å². The van der Waals surface area contributed by atoms with E-state index in [2.05, 4.69) is 25.8 Å². The van der Waals surface area contributed by atoms with Gasteiger partial charge in [0.1, 0.15) is 0 Å². The number of hydrogen-bond donors (Lipinski definition) is 2. The van der Waals surface area contributed by atoms with Crippen molar-refractivity contribution < 1.29 is 14.7 Å². The molecule has 0 bridgehead atoms. The first kappa shape index (κ1) is 26.2. The van der Waals surface area contributed by atoms with E-state index < -0.39 is 17.5 Å². The number of primary amides is 1. The van der Waals surface area contributed by atoms with Crippen molar-refractivity contribution in [3.8, 4) is 0 Å². The summed E-state index contributed by atoms with van der Waals surface area (Å²) in [6.45, 7) is 8.15. The molecule has 1 amide bonds. The van der Waals surface area contributed by atoms with Gasteiger partial charge in [-0.1, -0.05) is 56.6 Å². The van der Waals surface area contributed by atoms with Crippen LogP contribution in [0.3, 0.4) is 0 Å². The van der Waals surface area contributed by atoms with Gasteiger partial charge in [0, 0.05) is 41.5 Å². The molecule has 7 nitrogen and oxygen atoms in total. The summed E-state index contributed by atoms with van der Waals surface area (Å²) < 4.78 is 1.65. The number of carbonyl (C=O) groups is 2. The van der Waals surface area contributed by atoms with Crippen LogP contribution in [0.4, 0.5) is 5.69 Å². The average molecular weight is 519 g/mol. The lowest BCUT2D eigenvalue weighted by Crippen LogP contribution is -2.59. The third kappa shape index (κ3) is 4.79. The zero-order valence-electron chi connectivity index (χ0n) is 21.6. The summed E-state index contributed by atoms with van der Waals surface area (Å²) in [5.74, 6) is -1.82. The number of aryl methyl sites for hydroxylation is 1. The molecule has 2 aromatic heterocycles. The zero-order chi connectivity index (χ0) is 27.1. The van der Waals surface area contributed by atoms with Gasteiger partial charge < -0.3 is 20.3 Å². The van der Waals surface area contributed by atoms with Crippen molar-refractivity contribution in [2.75, 3.05) is 11.9 Å². The summed E-state index contributed by atoms with van der Waals surface area (Å²) in [4.78, 5) is 31.9. The van der Waals surface area contributed by atoms with Gasteiger partial charge in [-0.2, -0.15) is 0 Å². The summed E-state index contributed by atoms with van der Waals surface area (Å²) in [7, 11) is 1.77. The van der Waals surface area contributed by atoms with Crippen molar-refractivity contribution in [1.82, 2.24) is 9.55 Å². The number of likely N-dealkylation sites (N-methyl/N-ethyl adjacent to an activating group) is 1. The van der Waals surface area contributed by atoms with Gasteiger partial charge in [0.05, 0.1) is 5.52 Å². The number of carbonyl (C=O) groups excluding carboxylic acids is 1. The predicted molar refractivity (Wildman–Crippen MR) is 147 cm³/mol. The predicted octanol–water partition coefficient (Wildman–Crippen LogP) is 5.51. The molecule has 0 aliphatic heterocycles. The highest BCUT2D eigenvalue weighted by atomic mass is 35.5. The number of nitrogens with two attached hydrogens (primary N) is 1. The van der Waals surface area contributed by atoms with Gasteiger partial charge in [0.25, 0.3) is 5.91 Å². The van der Waals surface area contributed by atoms with Crippen molar-refractivity contribution >= 4 is 40.1 Å². The smallest absolute Gasteiger partial charge is 0.356 e. The van der Waals surface area contributed by atoms with E-state index in [4.69, 9.17) is 17.3 Å². The molecule has 4 rings (SSSR count). The number of anilines is 1. The van der Waals surface area contributed by atoms with Gasteiger partial charge in [-0.15, -0.1) is 0 Å². The van der Waals surface area contributed by atoms with E-state index in [1.807, 2.05) is 24.3 Å². The van der Waals surface area contributed by atoms with Gasteiger partial charge in [-0.3, -0.25) is 4.79 Å². The minimum Gasteiger partial charge on any atom is -0.476 e. The summed E-state index contributed by atoms with van der Waals surface area (Å²) >= 11 is 6.13. The number of rotatable bonds is 7. The molecule has 4 aromatic rings. The monoisotopic (exact) mass is 518 g/mol. The molecule has 0 aliphatic carbocycles. The second kappa shape index (κ2) is 9.56. The van der Waals surface area contributed by atoms with Crippen LogP contribution in [0.5, 0.6) is 0 Å². The molecule has 37 heavy (non-hydrogen) atoms. The van der Waals surface area contributed by atoms with Crippen LogP contribution in [0.1, 0.15) is 48.1 Å². The fourth-order valence-electron chi connectivity index (χ4n) is 4.78. The Kier molecular flexibility index (Phi) is 6.78. The Morgan fingerprint density at radius 1 is 1.05 bits per heavy atom. The number of hydrogen-bond acceptors (Lipinski definition) is 4. The first-order valence-corrected chi connectivity index (χ1v) is 12.3. The minimum absolute atomic E-state index is 0.0318. The van der Waals surface area contributed by atoms with Crippen molar-refractivity contribution in [2.45, 2.75) is 45.2 Å². The number of pyridine rings is 1. The Bertz CT molecular complexity index is 1470. The second-order valence-electron chi connectivity index (χ2n) is 10.4. The Morgan fingerprint density at radius 3 is 2.22 bits per heavy atom. The average Bonchev–Trinajstić information content (AvgIpc) is 3.25. The lowest BCUT2D eigenvalue weighted by Gasteiger charge is -2.42. The van der Waals surface area contributed by atoms with E-state index in [1.165, 1.54) is 0 Å². The lowest BCUT2D eigenvalue weighted by molar-refractivity contribution is -0.126. The van der Waals surface area contributed by atoms with E-state index in [-0.39, 0.29) is 17.5 Å². The number of aromatic nitrogens is 2. The first-order chi connectivity index (χ1) is 17.3. The maximum absolute atomic E-state index is 13.6. The summed E-state index contributed by atoms with van der Waals surface area (Å²) in [5, 5.41) is 11.2. The number of carboxylic acids is 1. The number of amides is 1. The Morgan fingerprint density at radius 2 is 1.68 bits per heavy atom. The third-order valence-electron chi connectivity index (χ3n) is 6.83. The van der Waals surface area contributed by atoms with E-state index in [0.29, 0.717) is 27.3 Å². The lowest BCUT2D eigenvalue weighted by atomic mass is 9.85. The largest absolute Gasteiger partial charge is 0.476 e. The molecule has 0 fully saturated rings. The fraction of sp³-hybridized carbons (Fsp3) is 0.276. The number of carboxylic acid groups (broad SMARTS) is 1. The summed E-state index contributed by atoms with van der Waals surface area (Å²) in [6.07, 6.45) is 1.89. The van der Waals surface area contributed by atoms with Gasteiger partial charge in [-0.05, 0) is 59.9 Å². The van der Waals surface area contributed by atoms with Crippen LogP contribution in [-0.2, 0) is 22.3 Å². The molecule has 2 aromatic carbocycles. The third-order valence-corrected chi connectivity index (χ3v) is 7.08. The standard InChI is InChI=1S/C29H31ClN4O3/c1-18-16-20-14-15-34(25(20)24(32-18)26(35)36)29(27(31)37,33(5)23-12-10-22(30)11-13-23)17-19-6-8-21(9-7-19)28(2,3)4/h6-16H,17H2,1-5H3,(H2,31,37)(H,35,36). The van der Waals surface area contributed by atoms with Crippen LogP contribution in [0.25, 0.3) is 10.9 Å². The fourth-order valence-corrected chi connectivity index (χ4v) is 4.91. The summed E-state index contributed by atoms with van der Waals surface area (Å²) in [5.41, 5.74) is 8.16. The maximum atomic E-state index is 13.6. The molecule has 0 saturated heterocycles. The highest BCUT2D eigenvalue weighted by molar-refractivity contribution is 6.30. The quantitative estimate of drug-likeness (QED) is 0.336. The highest BCUT2D eigenvalue weighted by Gasteiger charge is 2.45. The number of nitrogens with zero attached hydrogens (tertiary/aromatic N) is 3. The number of benzene rings is 2. The van der Waals surface area contributed by atoms with Crippen LogP contribution in [0.2, 0.25) is 5.02 Å². The van der Waals surface area contributed by atoms with Crippen LogP contribution >= 0.6 is 11.6 Å². The van der Waals surface area contributed by atoms with Crippen molar-refractivity contribution in [3.63, 3.8) is 0 Å². The van der Waals surface area contributed by atoms with E-state index in [0.717, 1.165) is 11.1 Å². The van der Waals surface area contributed by atoms with E-state index >= 15 is 0 Å². The molecular formula is C29H31ClN4O3. The maximum Gasteiger partial charge on any atom is 0.356 e. The zero-order valence-corrected chi connectivity index (χ0v) is 22.4. The summed E-state index contributed by atoms with van der Waals surface area (Å²) in [6, 6.07) is 18.7. The molecular weight excluding hydrogens is 488 g/mol. The molecule has 192 valence electrons. The van der Waals surface area contributed by atoms with Gasteiger partial charge >= 0.3 is 5.97 Å². The van der Waals surface area contributed by atoms with E-state index in [9.17, 15) is 14.7 Å². The van der Waals surface area contributed by atoms with Crippen molar-refractivity contribution in [3.05, 3.63) is 94.4 Å². The SMILES string of the molecule is Cc1cc2ccn(C(Cc3ccc(C(C)(C)C)cc3)(C(N)=O)N(C)c3ccc(Cl)cc3)c2c(C(=O)O)n1. The number of aromatic carboxylic acids is 1. The number of fused-ring (bicyclic) bond motifs is 1. The highest BCUT2D eigenvalue weighted by Crippen LogP contribution is 2.36.